The van der Waals surface area contributed by atoms with Crippen LogP contribution in [-0.4, -0.2) is 33.3 Å². The molecule has 0 saturated carbocycles. The first-order valence-electron chi connectivity index (χ1n) is 9.30. The summed E-state index contributed by atoms with van der Waals surface area (Å²) in [5, 5.41) is 11.0. The lowest BCUT2D eigenvalue weighted by Crippen LogP contribution is -2.21. The topological polar surface area (TPSA) is 111 Å². The van der Waals surface area contributed by atoms with E-state index in [9.17, 15) is 13.2 Å². The number of nitrogens with two attached hydrogens (primary N) is 1. The summed E-state index contributed by atoms with van der Waals surface area (Å²) in [5.41, 5.74) is 1.92. The van der Waals surface area contributed by atoms with Crippen molar-refractivity contribution in [3.63, 3.8) is 0 Å². The van der Waals surface area contributed by atoms with Gasteiger partial charge in [-0.15, -0.1) is 0 Å². The lowest BCUT2D eigenvalue weighted by Gasteiger charge is -2.16. The SMILES string of the molecule is COc1cc(C=C2C(=O)N(c3ccc(S(N)(=O)=O)cc3)N=C2C)cc(Cl)c1OC(C)C. The van der Waals surface area contributed by atoms with Crippen molar-refractivity contribution in [1.82, 2.24) is 0 Å². The van der Waals surface area contributed by atoms with Crippen LogP contribution in [0.2, 0.25) is 5.02 Å². The fourth-order valence-electron chi connectivity index (χ4n) is 2.98. The van der Waals surface area contributed by atoms with Gasteiger partial charge in [-0.2, -0.15) is 10.1 Å². The van der Waals surface area contributed by atoms with E-state index in [1.54, 1.807) is 25.1 Å². The van der Waals surface area contributed by atoms with E-state index in [2.05, 4.69) is 5.10 Å². The minimum atomic E-state index is -3.83. The Hall–Kier alpha value is -2.88. The molecule has 1 aliphatic heterocycles. The zero-order chi connectivity index (χ0) is 22.9. The Morgan fingerprint density at radius 3 is 2.39 bits per heavy atom. The summed E-state index contributed by atoms with van der Waals surface area (Å²) in [4.78, 5) is 12.9. The van der Waals surface area contributed by atoms with Crippen molar-refractivity contribution in [2.45, 2.75) is 31.8 Å². The molecule has 8 nitrogen and oxygen atoms in total. The van der Waals surface area contributed by atoms with Gasteiger partial charge in [-0.3, -0.25) is 4.79 Å². The third-order valence-corrected chi connectivity index (χ3v) is 5.60. The second-order valence-corrected chi connectivity index (χ2v) is 9.07. The Morgan fingerprint density at radius 1 is 1.19 bits per heavy atom. The van der Waals surface area contributed by atoms with Crippen LogP contribution in [0.25, 0.3) is 6.08 Å². The number of carbonyl (C=O) groups is 1. The normalized spacial score (nSPS) is 15.6. The molecule has 3 rings (SSSR count). The minimum Gasteiger partial charge on any atom is -0.493 e. The molecule has 0 saturated heterocycles. The summed E-state index contributed by atoms with van der Waals surface area (Å²) in [6, 6.07) is 8.98. The van der Waals surface area contributed by atoms with Crippen molar-refractivity contribution in [3.8, 4) is 11.5 Å². The molecule has 164 valence electrons. The standard InChI is InChI=1S/C21H22ClN3O5S/c1-12(2)30-20-18(22)10-14(11-19(20)29-4)9-17-13(3)24-25(21(17)26)15-5-7-16(8-6-15)31(23,27)28/h5-12H,1-4H3,(H2,23,27,28). The van der Waals surface area contributed by atoms with E-state index in [0.29, 0.717) is 39.1 Å². The highest BCUT2D eigenvalue weighted by atomic mass is 35.5. The van der Waals surface area contributed by atoms with Gasteiger partial charge < -0.3 is 9.47 Å². The van der Waals surface area contributed by atoms with E-state index >= 15 is 0 Å². The van der Waals surface area contributed by atoms with Gasteiger partial charge in [0, 0.05) is 0 Å². The average Bonchev–Trinajstić information content (AvgIpc) is 2.97. The number of rotatable bonds is 6. The Balaban J connectivity index is 1.94. The number of benzene rings is 2. The first kappa shape index (κ1) is 22.8. The Kier molecular flexibility index (Phi) is 6.40. The van der Waals surface area contributed by atoms with Crippen LogP contribution in [0.5, 0.6) is 11.5 Å². The zero-order valence-electron chi connectivity index (χ0n) is 17.4. The predicted octanol–water partition coefficient (Wildman–Crippen LogP) is 3.59. The van der Waals surface area contributed by atoms with E-state index in [1.807, 2.05) is 13.8 Å². The number of methoxy groups -OCH3 is 1. The number of amides is 1. The van der Waals surface area contributed by atoms with Gasteiger partial charge in [0.05, 0.1) is 40.1 Å². The molecule has 2 aromatic carbocycles. The molecular weight excluding hydrogens is 442 g/mol. The van der Waals surface area contributed by atoms with Gasteiger partial charge in [0.25, 0.3) is 5.91 Å². The fourth-order valence-corrected chi connectivity index (χ4v) is 3.76. The summed E-state index contributed by atoms with van der Waals surface area (Å²) < 4.78 is 34.0. The van der Waals surface area contributed by atoms with Crippen LogP contribution in [0.15, 0.2) is 52.0 Å². The van der Waals surface area contributed by atoms with Crippen LogP contribution >= 0.6 is 11.6 Å². The van der Waals surface area contributed by atoms with Gasteiger partial charge >= 0.3 is 0 Å². The van der Waals surface area contributed by atoms with Crippen LogP contribution in [0.1, 0.15) is 26.3 Å². The first-order chi connectivity index (χ1) is 14.5. The molecule has 1 heterocycles. The van der Waals surface area contributed by atoms with Gasteiger partial charge in [-0.1, -0.05) is 11.6 Å². The van der Waals surface area contributed by atoms with Crippen LogP contribution < -0.4 is 19.6 Å². The third kappa shape index (κ3) is 4.90. The van der Waals surface area contributed by atoms with E-state index in [4.69, 9.17) is 26.2 Å². The summed E-state index contributed by atoms with van der Waals surface area (Å²) in [5.74, 6) is 0.517. The number of hydrogen-bond donors (Lipinski definition) is 1. The number of ether oxygens (including phenoxy) is 2. The maximum absolute atomic E-state index is 13.0. The Bertz CT molecular complexity index is 1190. The van der Waals surface area contributed by atoms with Gasteiger partial charge in [0.15, 0.2) is 11.5 Å². The maximum atomic E-state index is 13.0. The van der Waals surface area contributed by atoms with E-state index in [0.717, 1.165) is 0 Å². The smallest absolute Gasteiger partial charge is 0.280 e. The highest BCUT2D eigenvalue weighted by Gasteiger charge is 2.29. The van der Waals surface area contributed by atoms with Gasteiger partial charge in [0.1, 0.15) is 0 Å². The molecule has 0 unspecified atom stereocenters. The number of halogens is 1. The third-order valence-electron chi connectivity index (χ3n) is 4.39. The average molecular weight is 464 g/mol. The van der Waals surface area contributed by atoms with E-state index in [1.165, 1.54) is 36.4 Å². The summed E-state index contributed by atoms with van der Waals surface area (Å²) >= 11 is 6.37. The fraction of sp³-hybridized carbons (Fsp3) is 0.238. The molecule has 31 heavy (non-hydrogen) atoms. The maximum Gasteiger partial charge on any atom is 0.280 e. The monoisotopic (exact) mass is 463 g/mol. The molecule has 0 radical (unpaired) electrons. The molecule has 2 aromatic rings. The van der Waals surface area contributed by atoms with Crippen LogP contribution in [0.4, 0.5) is 5.69 Å². The summed E-state index contributed by atoms with van der Waals surface area (Å²) in [6.07, 6.45) is 1.57. The lowest BCUT2D eigenvalue weighted by atomic mass is 10.1. The number of anilines is 1. The molecule has 0 spiro atoms. The number of carbonyl (C=O) groups excluding carboxylic acids is 1. The van der Waals surface area contributed by atoms with Gasteiger partial charge in [-0.05, 0) is 68.8 Å². The van der Waals surface area contributed by atoms with Crippen LogP contribution in [-0.2, 0) is 14.8 Å². The van der Waals surface area contributed by atoms with Crippen molar-refractivity contribution in [1.29, 1.82) is 0 Å². The molecule has 0 fully saturated rings. The minimum absolute atomic E-state index is 0.0511. The Labute approximate surface area is 185 Å². The predicted molar refractivity (Wildman–Crippen MR) is 120 cm³/mol. The van der Waals surface area contributed by atoms with Crippen molar-refractivity contribution in [2.24, 2.45) is 10.2 Å². The van der Waals surface area contributed by atoms with E-state index < -0.39 is 10.0 Å². The number of hydrogen-bond acceptors (Lipinski definition) is 6. The van der Waals surface area contributed by atoms with Crippen LogP contribution in [0.3, 0.4) is 0 Å². The molecule has 0 atom stereocenters. The first-order valence-corrected chi connectivity index (χ1v) is 11.2. The highest BCUT2D eigenvalue weighted by molar-refractivity contribution is 7.89. The highest BCUT2D eigenvalue weighted by Crippen LogP contribution is 2.38. The number of nitrogens with zero attached hydrogens (tertiary/aromatic N) is 2. The summed E-state index contributed by atoms with van der Waals surface area (Å²) in [7, 11) is -2.32. The van der Waals surface area contributed by atoms with Crippen molar-refractivity contribution < 1.29 is 22.7 Å². The molecule has 0 aliphatic carbocycles. The van der Waals surface area contributed by atoms with Gasteiger partial charge in [-0.25, -0.2) is 13.6 Å². The second kappa shape index (κ2) is 8.70. The Morgan fingerprint density at radius 2 is 1.84 bits per heavy atom. The number of sulfonamides is 1. The van der Waals surface area contributed by atoms with Crippen molar-refractivity contribution in [2.75, 3.05) is 12.1 Å². The van der Waals surface area contributed by atoms with Crippen molar-refractivity contribution in [3.05, 3.63) is 52.6 Å². The molecular formula is C21H22ClN3O5S. The van der Waals surface area contributed by atoms with Crippen LogP contribution in [0, 0.1) is 0 Å². The molecule has 1 amide bonds. The molecule has 0 bridgehead atoms. The molecule has 10 heteroatoms. The zero-order valence-corrected chi connectivity index (χ0v) is 19.0. The largest absolute Gasteiger partial charge is 0.493 e. The second-order valence-electron chi connectivity index (χ2n) is 7.10. The molecule has 1 aliphatic rings. The van der Waals surface area contributed by atoms with E-state index in [-0.39, 0.29) is 16.9 Å². The quantitative estimate of drug-likeness (QED) is 0.658. The lowest BCUT2D eigenvalue weighted by molar-refractivity contribution is -0.114. The number of primary sulfonamides is 1. The van der Waals surface area contributed by atoms with Crippen molar-refractivity contribution >= 4 is 45.0 Å². The molecule has 0 aromatic heterocycles. The summed E-state index contributed by atoms with van der Waals surface area (Å²) in [6.45, 7) is 5.47. The molecule has 2 N–H and O–H groups in total. The number of hydrazone groups is 1. The van der Waals surface area contributed by atoms with Gasteiger partial charge in [0.2, 0.25) is 10.0 Å².